The van der Waals surface area contributed by atoms with E-state index in [1.165, 1.54) is 31.5 Å². The zero-order valence-corrected chi connectivity index (χ0v) is 19.5. The zero-order chi connectivity index (χ0) is 24.9. The highest BCUT2D eigenvalue weighted by Gasteiger charge is 2.47. The van der Waals surface area contributed by atoms with Crippen LogP contribution in [0.3, 0.4) is 0 Å². The minimum atomic E-state index is -3.95. The highest BCUT2D eigenvalue weighted by molar-refractivity contribution is 6.32. The number of nitrogens with zero attached hydrogens (tertiary/aromatic N) is 2. The van der Waals surface area contributed by atoms with E-state index in [4.69, 9.17) is 27.9 Å². The number of aromatic nitrogens is 1. The summed E-state index contributed by atoms with van der Waals surface area (Å²) >= 11 is 10.3. The van der Waals surface area contributed by atoms with Crippen LogP contribution in [0.2, 0.25) is 0 Å². The molecule has 3 rings (SSSR count). The van der Waals surface area contributed by atoms with E-state index < -0.39 is 28.6 Å². The van der Waals surface area contributed by atoms with Crippen LogP contribution in [0, 0.1) is 0 Å². The summed E-state index contributed by atoms with van der Waals surface area (Å²) in [6.45, 7) is 2.34. The van der Waals surface area contributed by atoms with E-state index in [0.717, 1.165) is 17.0 Å². The number of anilines is 1. The molecule has 0 bridgehead atoms. The lowest BCUT2D eigenvalue weighted by Gasteiger charge is -2.41. The Morgan fingerprint density at radius 2 is 1.88 bits per heavy atom. The summed E-state index contributed by atoms with van der Waals surface area (Å²) in [4.78, 5) is 31.6. The number of alkyl halides is 5. The van der Waals surface area contributed by atoms with Crippen LogP contribution >= 0.6 is 23.2 Å². The second kappa shape index (κ2) is 10.8. The standard InChI is InChI=1S/C22H22Cl2F3N3O4/c1-21(14-3-2-10-28-13-14,20(32)29-15-8-11-33-12-9-15)30(19(31)18(23)25)16-4-6-17(7-5-16)34-22(24,26)27/h2-7,10,13,15,18H,8-9,11-12H2,1H3,(H,29,32)/t18-,21?/m0/s1. The average molecular weight is 520 g/mol. The van der Waals surface area contributed by atoms with Gasteiger partial charge in [0.05, 0.1) is 0 Å². The van der Waals surface area contributed by atoms with Crippen LogP contribution < -0.4 is 15.0 Å². The molecular formula is C22H22Cl2F3N3O4. The van der Waals surface area contributed by atoms with Crippen molar-refractivity contribution in [2.45, 2.75) is 42.5 Å². The fourth-order valence-electron chi connectivity index (χ4n) is 3.68. The summed E-state index contributed by atoms with van der Waals surface area (Å²) < 4.78 is 49.7. The molecule has 2 heterocycles. The fraction of sp³-hybridized carbons (Fsp3) is 0.409. The van der Waals surface area contributed by atoms with Gasteiger partial charge in [0.25, 0.3) is 17.4 Å². The quantitative estimate of drug-likeness (QED) is 0.525. The summed E-state index contributed by atoms with van der Waals surface area (Å²) in [7, 11) is 0. The summed E-state index contributed by atoms with van der Waals surface area (Å²) in [6.07, 6.45) is 3.96. The van der Waals surface area contributed by atoms with Crippen LogP contribution in [0.25, 0.3) is 0 Å². The molecule has 34 heavy (non-hydrogen) atoms. The summed E-state index contributed by atoms with van der Waals surface area (Å²) in [5.41, 5.74) is -7.97. The van der Waals surface area contributed by atoms with Gasteiger partial charge in [-0.1, -0.05) is 17.7 Å². The van der Waals surface area contributed by atoms with Crippen molar-refractivity contribution < 1.29 is 32.2 Å². The van der Waals surface area contributed by atoms with Gasteiger partial charge in [-0.25, -0.2) is 4.39 Å². The first-order chi connectivity index (χ1) is 16.0. The molecule has 1 aromatic carbocycles. The van der Waals surface area contributed by atoms with Crippen molar-refractivity contribution in [1.29, 1.82) is 0 Å². The molecule has 0 aliphatic carbocycles. The van der Waals surface area contributed by atoms with Gasteiger partial charge in [0.2, 0.25) is 0 Å². The molecule has 184 valence electrons. The van der Waals surface area contributed by atoms with Crippen molar-refractivity contribution >= 4 is 40.7 Å². The second-order valence-corrected chi connectivity index (χ2v) is 8.51. The van der Waals surface area contributed by atoms with Gasteiger partial charge >= 0.3 is 5.57 Å². The van der Waals surface area contributed by atoms with E-state index in [2.05, 4.69) is 15.0 Å². The number of nitrogens with one attached hydrogen (secondary N) is 1. The molecule has 2 amide bonds. The third-order valence-electron chi connectivity index (χ3n) is 5.41. The molecule has 7 nitrogen and oxygen atoms in total. The number of hydrogen-bond donors (Lipinski definition) is 1. The number of rotatable bonds is 8. The zero-order valence-electron chi connectivity index (χ0n) is 18.0. The molecule has 1 aliphatic heterocycles. The average Bonchev–Trinajstić information content (AvgIpc) is 2.80. The predicted molar refractivity (Wildman–Crippen MR) is 120 cm³/mol. The third-order valence-corrected chi connectivity index (χ3v) is 5.67. The number of benzene rings is 1. The number of carbonyl (C=O) groups is 2. The summed E-state index contributed by atoms with van der Waals surface area (Å²) in [5, 5.41) is 2.90. The van der Waals surface area contributed by atoms with Gasteiger partial charge in [-0.05, 0) is 50.1 Å². The fourth-order valence-corrected chi connectivity index (χ4v) is 3.87. The van der Waals surface area contributed by atoms with E-state index in [-0.39, 0.29) is 23.0 Å². The van der Waals surface area contributed by atoms with Gasteiger partial charge < -0.3 is 14.8 Å². The Labute approximate surface area is 204 Å². The Morgan fingerprint density at radius 3 is 2.41 bits per heavy atom. The first kappa shape index (κ1) is 26.1. The molecule has 0 radical (unpaired) electrons. The van der Waals surface area contributed by atoms with Crippen LogP contribution in [0.1, 0.15) is 25.3 Å². The Balaban J connectivity index is 2.07. The Bertz CT molecular complexity index is 987. The SMILES string of the molecule is CC(C(=O)NC1CCOCC1)(c1cccnc1)N(C(=O)[C@H](F)Cl)c1ccc(OC(F)(F)Cl)cc1. The van der Waals surface area contributed by atoms with E-state index in [1.807, 2.05) is 0 Å². The summed E-state index contributed by atoms with van der Waals surface area (Å²) in [5.74, 6) is -2.15. The minimum Gasteiger partial charge on any atom is -0.420 e. The van der Waals surface area contributed by atoms with E-state index >= 15 is 0 Å². The van der Waals surface area contributed by atoms with Crippen molar-refractivity contribution in [3.05, 3.63) is 54.4 Å². The van der Waals surface area contributed by atoms with Crippen LogP contribution in [-0.4, -0.2) is 47.3 Å². The number of hydrogen-bond acceptors (Lipinski definition) is 5. The number of carbonyl (C=O) groups excluding carboxylic acids is 2. The molecule has 0 spiro atoms. The Morgan fingerprint density at radius 1 is 1.24 bits per heavy atom. The van der Waals surface area contributed by atoms with Crippen LogP contribution in [0.4, 0.5) is 18.9 Å². The molecule has 1 saturated heterocycles. The van der Waals surface area contributed by atoms with Gasteiger partial charge in [0.1, 0.15) is 5.75 Å². The highest BCUT2D eigenvalue weighted by atomic mass is 35.5. The number of pyridine rings is 1. The van der Waals surface area contributed by atoms with Gasteiger partial charge in [0.15, 0.2) is 5.54 Å². The van der Waals surface area contributed by atoms with Crippen molar-refractivity contribution in [2.24, 2.45) is 0 Å². The lowest BCUT2D eigenvalue weighted by molar-refractivity contribution is -0.132. The topological polar surface area (TPSA) is 80.8 Å². The molecular weight excluding hydrogens is 498 g/mol. The van der Waals surface area contributed by atoms with Crippen molar-refractivity contribution in [3.8, 4) is 5.75 Å². The smallest absolute Gasteiger partial charge is 0.420 e. The molecule has 1 aliphatic rings. The van der Waals surface area contributed by atoms with Gasteiger partial charge in [0, 0.05) is 54.5 Å². The van der Waals surface area contributed by atoms with Crippen molar-refractivity contribution in [2.75, 3.05) is 18.1 Å². The third kappa shape index (κ3) is 6.11. The van der Waals surface area contributed by atoms with E-state index in [1.54, 1.807) is 12.1 Å². The molecule has 2 aromatic rings. The van der Waals surface area contributed by atoms with Gasteiger partial charge in [-0.3, -0.25) is 19.5 Å². The molecule has 2 atom stereocenters. The van der Waals surface area contributed by atoms with Crippen molar-refractivity contribution in [1.82, 2.24) is 10.3 Å². The Hall–Kier alpha value is -2.56. The largest absolute Gasteiger partial charge is 0.487 e. The second-order valence-electron chi connectivity index (χ2n) is 7.69. The lowest BCUT2D eigenvalue weighted by Crippen LogP contribution is -2.60. The molecule has 1 N–H and O–H groups in total. The van der Waals surface area contributed by atoms with E-state index in [0.29, 0.717) is 26.1 Å². The van der Waals surface area contributed by atoms with Crippen molar-refractivity contribution in [3.63, 3.8) is 0 Å². The van der Waals surface area contributed by atoms with E-state index in [9.17, 15) is 22.8 Å². The molecule has 1 unspecified atom stereocenters. The maximum atomic E-state index is 14.2. The number of ether oxygens (including phenoxy) is 2. The maximum Gasteiger partial charge on any atom is 0.487 e. The summed E-state index contributed by atoms with van der Waals surface area (Å²) in [6, 6.07) is 7.53. The normalized spacial score (nSPS) is 17.4. The first-order valence-electron chi connectivity index (χ1n) is 10.3. The predicted octanol–water partition coefficient (Wildman–Crippen LogP) is 4.33. The van der Waals surface area contributed by atoms with Crippen LogP contribution in [-0.2, 0) is 19.9 Å². The molecule has 12 heteroatoms. The van der Waals surface area contributed by atoms with Gasteiger partial charge in [-0.15, -0.1) is 8.78 Å². The first-order valence-corrected chi connectivity index (χ1v) is 11.1. The number of amides is 2. The minimum absolute atomic E-state index is 0.00650. The monoisotopic (exact) mass is 519 g/mol. The maximum absolute atomic E-state index is 14.2. The molecule has 0 saturated carbocycles. The van der Waals surface area contributed by atoms with Gasteiger partial charge in [-0.2, -0.15) is 0 Å². The Kier molecular flexibility index (Phi) is 8.27. The van der Waals surface area contributed by atoms with Crippen LogP contribution in [0.5, 0.6) is 5.75 Å². The van der Waals surface area contributed by atoms with Crippen LogP contribution in [0.15, 0.2) is 48.8 Å². The lowest BCUT2D eigenvalue weighted by atomic mass is 9.88. The number of halogens is 5. The molecule has 1 fully saturated rings. The highest BCUT2D eigenvalue weighted by Crippen LogP contribution is 2.36. The molecule has 1 aromatic heterocycles.